The van der Waals surface area contributed by atoms with Crippen LogP contribution in [-0.4, -0.2) is 36.9 Å². The molecule has 3 N–H and O–H groups in total. The van der Waals surface area contributed by atoms with E-state index in [-0.39, 0.29) is 5.91 Å². The molecule has 0 bridgehead atoms. The molecule has 0 spiro atoms. The molecule has 1 aliphatic heterocycles. The first-order valence-electron chi connectivity index (χ1n) is 9.64. The third kappa shape index (κ3) is 5.10. The smallest absolute Gasteiger partial charge is 0.248 e. The summed E-state index contributed by atoms with van der Waals surface area (Å²) in [5, 5.41) is 2.88. The molecule has 148 valence electrons. The highest BCUT2D eigenvalue weighted by Crippen LogP contribution is 2.32. The number of carbonyl (C=O) groups is 2. The number of nitrogens with one attached hydrogen (secondary N) is 1. The predicted molar refractivity (Wildman–Crippen MR) is 109 cm³/mol. The van der Waals surface area contributed by atoms with Crippen LogP contribution in [0, 0.1) is 0 Å². The number of primary amides is 1. The fourth-order valence-electron chi connectivity index (χ4n) is 3.67. The van der Waals surface area contributed by atoms with E-state index in [1.807, 2.05) is 12.1 Å². The summed E-state index contributed by atoms with van der Waals surface area (Å²) in [5.74, 6) is 0.341. The number of carbonyl (C=O) groups excluding carboxylic acids is 2. The Morgan fingerprint density at radius 1 is 1.18 bits per heavy atom. The van der Waals surface area contributed by atoms with Gasteiger partial charge in [0.15, 0.2) is 0 Å². The number of anilines is 1. The number of amides is 2. The molecular formula is C22H27N3O3. The Bertz CT molecular complexity index is 820. The van der Waals surface area contributed by atoms with Crippen LogP contribution in [0.25, 0.3) is 0 Å². The number of hydrogen-bond donors (Lipinski definition) is 2. The highest BCUT2D eigenvalue weighted by atomic mass is 16.5. The minimum absolute atomic E-state index is 0.0400. The lowest BCUT2D eigenvalue weighted by atomic mass is 9.95. The number of ether oxygens (including phenoxy) is 1. The van der Waals surface area contributed by atoms with E-state index < -0.39 is 5.91 Å². The number of nitrogens with two attached hydrogens (primary N) is 1. The van der Waals surface area contributed by atoms with Gasteiger partial charge >= 0.3 is 0 Å². The first-order valence-corrected chi connectivity index (χ1v) is 9.64. The molecule has 0 radical (unpaired) electrons. The van der Waals surface area contributed by atoms with Gasteiger partial charge in [0, 0.05) is 30.3 Å². The van der Waals surface area contributed by atoms with Gasteiger partial charge in [-0.2, -0.15) is 0 Å². The van der Waals surface area contributed by atoms with Crippen LogP contribution in [0.2, 0.25) is 0 Å². The summed E-state index contributed by atoms with van der Waals surface area (Å²) in [5.41, 5.74) is 7.56. The van der Waals surface area contributed by atoms with Crippen molar-refractivity contribution in [3.05, 3.63) is 59.7 Å². The van der Waals surface area contributed by atoms with Crippen LogP contribution in [-0.2, 0) is 4.79 Å². The van der Waals surface area contributed by atoms with E-state index in [0.29, 0.717) is 30.3 Å². The summed E-state index contributed by atoms with van der Waals surface area (Å²) in [6.45, 7) is 1.69. The summed E-state index contributed by atoms with van der Waals surface area (Å²) in [6.07, 6.45) is 3.84. The van der Waals surface area contributed by atoms with Gasteiger partial charge in [-0.1, -0.05) is 18.6 Å². The van der Waals surface area contributed by atoms with Crippen molar-refractivity contribution in [2.75, 3.05) is 25.5 Å². The Morgan fingerprint density at radius 2 is 1.96 bits per heavy atom. The van der Waals surface area contributed by atoms with E-state index in [1.54, 1.807) is 31.4 Å². The lowest BCUT2D eigenvalue weighted by molar-refractivity contribution is -0.116. The number of benzene rings is 2. The number of nitrogens with zero attached hydrogens (tertiary/aromatic N) is 1. The first-order chi connectivity index (χ1) is 13.6. The van der Waals surface area contributed by atoms with E-state index in [9.17, 15) is 9.59 Å². The second-order valence-electron chi connectivity index (χ2n) is 7.06. The van der Waals surface area contributed by atoms with Crippen LogP contribution >= 0.6 is 0 Å². The van der Waals surface area contributed by atoms with Gasteiger partial charge in [0.1, 0.15) is 5.75 Å². The van der Waals surface area contributed by atoms with Crippen LogP contribution in [0.4, 0.5) is 5.69 Å². The Morgan fingerprint density at radius 3 is 2.68 bits per heavy atom. The molecule has 0 aromatic heterocycles. The van der Waals surface area contributed by atoms with E-state index in [4.69, 9.17) is 10.5 Å². The second-order valence-corrected chi connectivity index (χ2v) is 7.06. The summed E-state index contributed by atoms with van der Waals surface area (Å²) >= 11 is 0. The number of rotatable bonds is 7. The molecule has 2 amide bonds. The minimum Gasteiger partial charge on any atom is -0.497 e. The van der Waals surface area contributed by atoms with Gasteiger partial charge in [0.2, 0.25) is 11.8 Å². The van der Waals surface area contributed by atoms with Crippen LogP contribution in [0.1, 0.15) is 47.6 Å². The van der Waals surface area contributed by atoms with Crippen LogP contribution in [0.3, 0.4) is 0 Å². The Labute approximate surface area is 165 Å². The van der Waals surface area contributed by atoms with Gasteiger partial charge in [0.25, 0.3) is 0 Å². The van der Waals surface area contributed by atoms with Crippen molar-refractivity contribution in [1.29, 1.82) is 0 Å². The predicted octanol–water partition coefficient (Wildman–Crippen LogP) is 3.35. The molecule has 0 aliphatic carbocycles. The van der Waals surface area contributed by atoms with Gasteiger partial charge in [0.05, 0.1) is 7.11 Å². The fourth-order valence-corrected chi connectivity index (χ4v) is 3.67. The fraction of sp³-hybridized carbons (Fsp3) is 0.364. The molecule has 2 aromatic rings. The van der Waals surface area contributed by atoms with Crippen molar-refractivity contribution in [3.8, 4) is 5.75 Å². The molecule has 1 unspecified atom stereocenters. The SMILES string of the molecule is COc1cccc(C2CCCCN2CCC(=O)Nc2ccc(C(N)=O)cc2)c1. The van der Waals surface area contributed by atoms with Crippen molar-refractivity contribution in [1.82, 2.24) is 4.90 Å². The van der Waals surface area contributed by atoms with Crippen molar-refractivity contribution in [2.45, 2.75) is 31.7 Å². The summed E-state index contributed by atoms with van der Waals surface area (Å²) in [4.78, 5) is 25.9. The Kier molecular flexibility index (Phi) is 6.66. The molecule has 0 saturated carbocycles. The zero-order chi connectivity index (χ0) is 19.9. The molecule has 6 nitrogen and oxygen atoms in total. The number of methoxy groups -OCH3 is 1. The summed E-state index contributed by atoms with van der Waals surface area (Å²) < 4.78 is 5.36. The molecule has 6 heteroatoms. The lowest BCUT2D eigenvalue weighted by Gasteiger charge is -2.36. The van der Waals surface area contributed by atoms with E-state index >= 15 is 0 Å². The van der Waals surface area contributed by atoms with E-state index in [2.05, 4.69) is 22.3 Å². The molecule has 28 heavy (non-hydrogen) atoms. The summed E-state index contributed by atoms with van der Waals surface area (Å²) in [6, 6.07) is 15.1. The third-order valence-electron chi connectivity index (χ3n) is 5.17. The second kappa shape index (κ2) is 9.37. The maximum atomic E-state index is 12.4. The molecule has 1 aliphatic rings. The lowest BCUT2D eigenvalue weighted by Crippen LogP contribution is -2.35. The highest BCUT2D eigenvalue weighted by Gasteiger charge is 2.24. The van der Waals surface area contributed by atoms with Gasteiger partial charge in [-0.3, -0.25) is 14.5 Å². The molecule has 3 rings (SSSR count). The average Bonchev–Trinajstić information content (AvgIpc) is 2.73. The standard InChI is InChI=1S/C22H27N3O3/c1-28-19-6-4-5-17(15-19)20-7-2-3-13-25(20)14-12-21(26)24-18-10-8-16(9-11-18)22(23)27/h4-6,8-11,15,20H,2-3,7,12-14H2,1H3,(H2,23,27)(H,24,26). The molecule has 1 saturated heterocycles. The van der Waals surface area contributed by atoms with Crippen molar-refractivity contribution >= 4 is 17.5 Å². The third-order valence-corrected chi connectivity index (χ3v) is 5.17. The largest absolute Gasteiger partial charge is 0.497 e. The van der Waals surface area contributed by atoms with Crippen molar-refractivity contribution in [2.24, 2.45) is 5.73 Å². The van der Waals surface area contributed by atoms with Gasteiger partial charge < -0.3 is 15.8 Å². The molecule has 1 atom stereocenters. The Hall–Kier alpha value is -2.86. The van der Waals surface area contributed by atoms with Gasteiger partial charge in [-0.05, 0) is 61.3 Å². The maximum absolute atomic E-state index is 12.4. The quantitative estimate of drug-likeness (QED) is 0.770. The van der Waals surface area contributed by atoms with Crippen LogP contribution in [0.15, 0.2) is 48.5 Å². The number of likely N-dealkylation sites (tertiary alicyclic amines) is 1. The number of hydrogen-bond acceptors (Lipinski definition) is 4. The van der Waals surface area contributed by atoms with Crippen molar-refractivity contribution in [3.63, 3.8) is 0 Å². The molecule has 2 aromatic carbocycles. The molecular weight excluding hydrogens is 354 g/mol. The monoisotopic (exact) mass is 381 g/mol. The van der Waals surface area contributed by atoms with E-state index in [1.165, 1.54) is 12.0 Å². The Balaban J connectivity index is 1.58. The van der Waals surface area contributed by atoms with Crippen LogP contribution < -0.4 is 15.8 Å². The topological polar surface area (TPSA) is 84.7 Å². The molecule has 1 fully saturated rings. The van der Waals surface area contributed by atoms with E-state index in [0.717, 1.165) is 25.1 Å². The zero-order valence-electron chi connectivity index (χ0n) is 16.2. The van der Waals surface area contributed by atoms with Crippen molar-refractivity contribution < 1.29 is 14.3 Å². The van der Waals surface area contributed by atoms with Crippen LogP contribution in [0.5, 0.6) is 5.75 Å². The van der Waals surface area contributed by atoms with Gasteiger partial charge in [-0.25, -0.2) is 0 Å². The summed E-state index contributed by atoms with van der Waals surface area (Å²) in [7, 11) is 1.68. The highest BCUT2D eigenvalue weighted by molar-refractivity contribution is 5.94. The minimum atomic E-state index is -0.480. The maximum Gasteiger partial charge on any atom is 0.248 e. The first kappa shape index (κ1) is 19.9. The normalized spacial score (nSPS) is 17.1. The van der Waals surface area contributed by atoms with Gasteiger partial charge in [-0.15, -0.1) is 0 Å². The number of piperidine rings is 1. The zero-order valence-corrected chi connectivity index (χ0v) is 16.2. The molecule has 1 heterocycles. The average molecular weight is 381 g/mol.